The van der Waals surface area contributed by atoms with Gasteiger partial charge in [-0.05, 0) is 80.2 Å². The van der Waals surface area contributed by atoms with E-state index in [9.17, 15) is 5.11 Å². The molecule has 1 N–H and O–H groups in total. The minimum atomic E-state index is -0.724. The summed E-state index contributed by atoms with van der Waals surface area (Å²) >= 11 is 19.6. The molecule has 0 bridgehead atoms. The van der Waals surface area contributed by atoms with Crippen molar-refractivity contribution in [2.45, 2.75) is 56.7 Å². The van der Waals surface area contributed by atoms with Gasteiger partial charge in [0.25, 0.3) is 0 Å². The van der Waals surface area contributed by atoms with Crippen molar-refractivity contribution in [1.82, 2.24) is 4.90 Å². The fourth-order valence-corrected chi connectivity index (χ4v) is 6.84. The maximum absolute atomic E-state index is 12.0. The Balaban J connectivity index is 1.42. The van der Waals surface area contributed by atoms with Crippen LogP contribution in [-0.4, -0.2) is 46.7 Å². The highest BCUT2D eigenvalue weighted by Crippen LogP contribution is 2.58. The third kappa shape index (κ3) is 3.09. The normalized spacial score (nSPS) is 28.1. The topological polar surface area (TPSA) is 39.1 Å². The molecule has 2 unspecified atom stereocenters. The number of hydrogen-bond acceptors (Lipinski definition) is 4. The van der Waals surface area contributed by atoms with Gasteiger partial charge >= 0.3 is 0 Å². The summed E-state index contributed by atoms with van der Waals surface area (Å²) in [5, 5.41) is 14.0. The molecule has 2 heterocycles. The molecule has 2 atom stereocenters. The van der Waals surface area contributed by atoms with Gasteiger partial charge in [-0.25, -0.2) is 4.99 Å². The molecule has 1 aromatic carbocycles. The SMILES string of the molecule is Cc1cc(Cl)cc(Cl)c1N1CCCN2C1=NC1C(Cl)=CC=C(C(O)(C3CC3)C3CC3)C12. The first kappa shape index (κ1) is 20.4. The van der Waals surface area contributed by atoms with Gasteiger partial charge in [-0.3, -0.25) is 0 Å². The fourth-order valence-electron chi connectivity index (χ4n) is 5.91. The predicted octanol–water partition coefficient (Wildman–Crippen LogP) is 5.53. The fraction of sp³-hybridized carbons (Fsp3) is 0.542. The summed E-state index contributed by atoms with van der Waals surface area (Å²) in [6.07, 6.45) is 9.48. The van der Waals surface area contributed by atoms with Crippen LogP contribution in [0, 0.1) is 18.8 Å². The Bertz CT molecular complexity index is 1010. The Hall–Kier alpha value is -1.20. The number of rotatable bonds is 4. The van der Waals surface area contributed by atoms with E-state index in [0.717, 1.165) is 73.0 Å². The number of aliphatic imine (C=N–C) groups is 1. The smallest absolute Gasteiger partial charge is 0.202 e. The molecule has 0 spiro atoms. The van der Waals surface area contributed by atoms with Crippen molar-refractivity contribution in [3.05, 3.63) is 50.5 Å². The molecule has 164 valence electrons. The van der Waals surface area contributed by atoms with Gasteiger partial charge in [-0.2, -0.15) is 0 Å². The number of guanidine groups is 1. The van der Waals surface area contributed by atoms with Crippen molar-refractivity contribution in [1.29, 1.82) is 0 Å². The molecule has 6 rings (SSSR count). The molecule has 7 heteroatoms. The number of aryl methyl sites for hydroxylation is 1. The molecule has 0 radical (unpaired) electrons. The van der Waals surface area contributed by atoms with E-state index in [0.29, 0.717) is 21.9 Å². The van der Waals surface area contributed by atoms with Crippen LogP contribution in [-0.2, 0) is 0 Å². The largest absolute Gasteiger partial charge is 0.385 e. The van der Waals surface area contributed by atoms with E-state index in [1.807, 2.05) is 19.1 Å². The molecular formula is C24H26Cl3N3O. The van der Waals surface area contributed by atoms with Gasteiger partial charge in [0.2, 0.25) is 5.96 Å². The zero-order valence-electron chi connectivity index (χ0n) is 17.5. The van der Waals surface area contributed by atoms with Gasteiger partial charge in [-0.1, -0.05) is 40.9 Å². The summed E-state index contributed by atoms with van der Waals surface area (Å²) < 4.78 is 0. The Kier molecular flexibility index (Phi) is 4.71. The maximum atomic E-state index is 12.0. The summed E-state index contributed by atoms with van der Waals surface area (Å²) in [4.78, 5) is 9.69. The lowest BCUT2D eigenvalue weighted by Gasteiger charge is -2.45. The number of nitrogens with zero attached hydrogens (tertiary/aromatic N) is 3. The Morgan fingerprint density at radius 2 is 1.74 bits per heavy atom. The van der Waals surface area contributed by atoms with Gasteiger partial charge in [0.1, 0.15) is 6.04 Å². The lowest BCUT2D eigenvalue weighted by molar-refractivity contribution is 0.0195. The average Bonchev–Trinajstić information content (AvgIpc) is 3.63. The highest BCUT2D eigenvalue weighted by Gasteiger charge is 2.60. The number of aliphatic hydroxyl groups is 1. The Morgan fingerprint density at radius 1 is 1.03 bits per heavy atom. The van der Waals surface area contributed by atoms with Crippen LogP contribution in [0.1, 0.15) is 37.7 Å². The van der Waals surface area contributed by atoms with E-state index in [1.165, 1.54) is 0 Å². The molecule has 3 aliphatic carbocycles. The molecule has 0 aromatic heterocycles. The van der Waals surface area contributed by atoms with Crippen molar-refractivity contribution in [2.24, 2.45) is 16.8 Å². The van der Waals surface area contributed by atoms with Crippen LogP contribution in [0.25, 0.3) is 0 Å². The number of anilines is 1. The monoisotopic (exact) mass is 477 g/mol. The van der Waals surface area contributed by atoms with Gasteiger partial charge in [0.05, 0.1) is 22.4 Å². The minimum absolute atomic E-state index is 0.0205. The van der Waals surface area contributed by atoms with Gasteiger partial charge in [0.15, 0.2) is 0 Å². The summed E-state index contributed by atoms with van der Waals surface area (Å²) in [6.45, 7) is 3.77. The molecule has 4 nitrogen and oxygen atoms in total. The summed E-state index contributed by atoms with van der Waals surface area (Å²) in [6, 6.07) is 3.55. The summed E-state index contributed by atoms with van der Waals surface area (Å²) in [7, 11) is 0. The van der Waals surface area contributed by atoms with Gasteiger partial charge < -0.3 is 14.9 Å². The van der Waals surface area contributed by atoms with Crippen LogP contribution < -0.4 is 4.90 Å². The first-order valence-electron chi connectivity index (χ1n) is 11.3. The van der Waals surface area contributed by atoms with E-state index in [1.54, 1.807) is 6.07 Å². The lowest BCUT2D eigenvalue weighted by Crippen LogP contribution is -2.56. The molecule has 0 amide bonds. The molecule has 1 aromatic rings. The Labute approximate surface area is 198 Å². The third-order valence-corrected chi connectivity index (χ3v) is 8.40. The molecule has 1 saturated heterocycles. The second-order valence-corrected chi connectivity index (χ2v) is 10.9. The zero-order chi connectivity index (χ0) is 21.5. The van der Waals surface area contributed by atoms with Crippen LogP contribution in [0.2, 0.25) is 10.0 Å². The quantitative estimate of drug-likeness (QED) is 0.618. The standard InChI is InChI=1S/C24H26Cl3N3O/c1-13-11-16(25)12-19(27)21(13)29-9-2-10-30-22-17(7-8-18(26)20(22)28-23(29)30)24(31,14-3-4-14)15-5-6-15/h7-8,11-12,14-15,20,22,31H,2-6,9-10H2,1H3. The van der Waals surface area contributed by atoms with Gasteiger partial charge in [-0.15, -0.1) is 0 Å². The summed E-state index contributed by atoms with van der Waals surface area (Å²) in [5.74, 6) is 1.65. The van der Waals surface area contributed by atoms with Crippen molar-refractivity contribution in [3.63, 3.8) is 0 Å². The first-order valence-corrected chi connectivity index (χ1v) is 12.4. The van der Waals surface area contributed by atoms with E-state index in [4.69, 9.17) is 39.8 Å². The Morgan fingerprint density at radius 3 is 2.39 bits per heavy atom. The number of allylic oxidation sites excluding steroid dienone is 2. The third-order valence-electron chi connectivity index (χ3n) is 7.54. The van der Waals surface area contributed by atoms with Crippen LogP contribution in [0.5, 0.6) is 0 Å². The second-order valence-electron chi connectivity index (χ2n) is 9.62. The molecular weight excluding hydrogens is 453 g/mol. The van der Waals surface area contributed by atoms with E-state index < -0.39 is 5.60 Å². The highest BCUT2D eigenvalue weighted by atomic mass is 35.5. The average molecular weight is 479 g/mol. The number of hydrogen-bond donors (Lipinski definition) is 1. The van der Waals surface area contributed by atoms with Crippen molar-refractivity contribution in [3.8, 4) is 0 Å². The molecule has 2 aliphatic heterocycles. The zero-order valence-corrected chi connectivity index (χ0v) is 19.8. The van der Waals surface area contributed by atoms with Crippen LogP contribution >= 0.6 is 34.8 Å². The maximum Gasteiger partial charge on any atom is 0.202 e. The van der Waals surface area contributed by atoms with Crippen molar-refractivity contribution in [2.75, 3.05) is 18.0 Å². The van der Waals surface area contributed by atoms with E-state index in [-0.39, 0.29) is 12.1 Å². The lowest BCUT2D eigenvalue weighted by atomic mass is 9.76. The first-order chi connectivity index (χ1) is 14.9. The van der Waals surface area contributed by atoms with Gasteiger partial charge in [0, 0.05) is 23.1 Å². The second kappa shape index (κ2) is 7.15. The number of fused-ring (bicyclic) bond motifs is 3. The van der Waals surface area contributed by atoms with E-state index in [2.05, 4.69) is 15.9 Å². The van der Waals surface area contributed by atoms with Crippen LogP contribution in [0.4, 0.5) is 5.69 Å². The minimum Gasteiger partial charge on any atom is -0.385 e. The molecule has 31 heavy (non-hydrogen) atoms. The predicted molar refractivity (Wildman–Crippen MR) is 127 cm³/mol. The summed E-state index contributed by atoms with van der Waals surface area (Å²) in [5.41, 5.74) is 2.38. The molecule has 2 saturated carbocycles. The van der Waals surface area contributed by atoms with E-state index >= 15 is 0 Å². The highest BCUT2D eigenvalue weighted by molar-refractivity contribution is 6.37. The number of halogens is 3. The van der Waals surface area contributed by atoms with Crippen molar-refractivity contribution >= 4 is 46.4 Å². The molecule has 3 fully saturated rings. The van der Waals surface area contributed by atoms with Crippen LogP contribution in [0.3, 0.4) is 0 Å². The van der Waals surface area contributed by atoms with Crippen molar-refractivity contribution < 1.29 is 5.11 Å². The van der Waals surface area contributed by atoms with Crippen LogP contribution in [0.15, 0.2) is 39.9 Å². The number of benzene rings is 1. The molecule has 5 aliphatic rings.